The zero-order valence-corrected chi connectivity index (χ0v) is 19.2. The maximum Gasteiger partial charge on any atom is 0.163 e. The highest BCUT2D eigenvalue weighted by molar-refractivity contribution is 9.11. The highest BCUT2D eigenvalue weighted by atomic mass is 79.9. The molecule has 0 spiro atoms. The van der Waals surface area contributed by atoms with Crippen molar-refractivity contribution >= 4 is 49.0 Å². The van der Waals surface area contributed by atoms with Crippen molar-refractivity contribution in [3.63, 3.8) is 0 Å². The third kappa shape index (κ3) is 3.48. The summed E-state index contributed by atoms with van der Waals surface area (Å²) in [6.07, 6.45) is 1.32. The number of aryl methyl sites for hydroxylation is 1. The summed E-state index contributed by atoms with van der Waals surface area (Å²) >= 11 is 6.85. The molecule has 28 heavy (non-hydrogen) atoms. The molecule has 1 atom stereocenters. The molecular formula is C22H22Br2N2O2. The fourth-order valence-corrected chi connectivity index (χ4v) is 5.28. The van der Waals surface area contributed by atoms with Gasteiger partial charge in [0, 0.05) is 17.7 Å². The minimum absolute atomic E-state index is 0.0845. The number of carbonyl (C=O) groups excluding carboxylic acids is 1. The van der Waals surface area contributed by atoms with E-state index in [-0.39, 0.29) is 23.0 Å². The van der Waals surface area contributed by atoms with Gasteiger partial charge >= 0.3 is 0 Å². The van der Waals surface area contributed by atoms with Crippen molar-refractivity contribution in [2.45, 2.75) is 39.7 Å². The number of nitrogens with one attached hydrogen (secondary N) is 2. The lowest BCUT2D eigenvalue weighted by Gasteiger charge is -2.34. The third-order valence-corrected chi connectivity index (χ3v) is 6.55. The number of Topliss-reactive ketones (excluding diaryl/α,β-unsaturated/α-hetero) is 1. The van der Waals surface area contributed by atoms with Gasteiger partial charge in [-0.1, -0.05) is 19.9 Å². The molecule has 1 aliphatic carbocycles. The highest BCUT2D eigenvalue weighted by Gasteiger charge is 2.39. The van der Waals surface area contributed by atoms with Crippen LogP contribution in [-0.2, 0) is 4.79 Å². The largest absolute Gasteiger partial charge is 0.506 e. The van der Waals surface area contributed by atoms with Gasteiger partial charge < -0.3 is 15.7 Å². The Morgan fingerprint density at radius 2 is 1.75 bits per heavy atom. The molecule has 0 radical (unpaired) electrons. The summed E-state index contributed by atoms with van der Waals surface area (Å²) in [5.41, 5.74) is 5.66. The van der Waals surface area contributed by atoms with Crippen molar-refractivity contribution in [1.82, 2.24) is 0 Å². The van der Waals surface area contributed by atoms with E-state index >= 15 is 0 Å². The Bertz CT molecular complexity index is 1000. The Balaban J connectivity index is 1.92. The lowest BCUT2D eigenvalue weighted by Crippen LogP contribution is -2.31. The summed E-state index contributed by atoms with van der Waals surface area (Å²) in [4.78, 5) is 13.2. The van der Waals surface area contributed by atoms with Gasteiger partial charge in [0.05, 0.1) is 26.4 Å². The molecule has 4 nitrogen and oxygen atoms in total. The van der Waals surface area contributed by atoms with Crippen molar-refractivity contribution in [3.8, 4) is 5.75 Å². The SMILES string of the molecule is Cc1ccc2c(c1)N[C@H](c1cc(Br)c(O)c(Br)c1)C1=C(CC(C)(C)CC1=O)N2. The summed E-state index contributed by atoms with van der Waals surface area (Å²) in [6.45, 7) is 6.32. The Morgan fingerprint density at radius 1 is 1.07 bits per heavy atom. The molecule has 0 aromatic heterocycles. The molecule has 2 aliphatic rings. The fourth-order valence-electron chi connectivity index (χ4n) is 4.06. The third-order valence-electron chi connectivity index (χ3n) is 5.34. The number of fused-ring (bicyclic) bond motifs is 1. The van der Waals surface area contributed by atoms with E-state index < -0.39 is 0 Å². The molecule has 1 aliphatic heterocycles. The number of allylic oxidation sites excluding steroid dienone is 1. The number of aromatic hydroxyl groups is 1. The van der Waals surface area contributed by atoms with Gasteiger partial charge in [-0.05, 0) is 86.0 Å². The summed E-state index contributed by atoms with van der Waals surface area (Å²) in [7, 11) is 0. The van der Waals surface area contributed by atoms with Gasteiger partial charge in [0.25, 0.3) is 0 Å². The molecule has 2 aromatic carbocycles. The molecule has 0 unspecified atom stereocenters. The molecule has 0 fully saturated rings. The van der Waals surface area contributed by atoms with Gasteiger partial charge in [-0.15, -0.1) is 0 Å². The fraction of sp³-hybridized carbons (Fsp3) is 0.318. The zero-order valence-electron chi connectivity index (χ0n) is 16.0. The summed E-state index contributed by atoms with van der Waals surface area (Å²) in [6, 6.07) is 9.65. The molecule has 0 bridgehead atoms. The van der Waals surface area contributed by atoms with Crippen LogP contribution in [0.4, 0.5) is 11.4 Å². The van der Waals surface area contributed by atoms with E-state index in [4.69, 9.17) is 0 Å². The molecular weight excluding hydrogens is 484 g/mol. The predicted molar refractivity (Wildman–Crippen MR) is 120 cm³/mol. The molecule has 2 aromatic rings. The second-order valence-electron chi connectivity index (χ2n) is 8.42. The Morgan fingerprint density at radius 3 is 2.43 bits per heavy atom. The van der Waals surface area contributed by atoms with Gasteiger partial charge in [0.2, 0.25) is 0 Å². The van der Waals surface area contributed by atoms with E-state index in [1.807, 2.05) is 12.1 Å². The van der Waals surface area contributed by atoms with E-state index in [1.54, 1.807) is 0 Å². The van der Waals surface area contributed by atoms with Crippen LogP contribution in [0.5, 0.6) is 5.75 Å². The van der Waals surface area contributed by atoms with Crippen LogP contribution in [-0.4, -0.2) is 10.9 Å². The Kier molecular flexibility index (Phi) is 4.82. The molecule has 0 saturated carbocycles. The first kappa shape index (κ1) is 19.5. The number of phenols is 1. The van der Waals surface area contributed by atoms with Crippen LogP contribution in [0.1, 0.15) is 43.9 Å². The van der Waals surface area contributed by atoms with E-state index in [0.717, 1.165) is 40.2 Å². The van der Waals surface area contributed by atoms with E-state index in [0.29, 0.717) is 15.4 Å². The standard InChI is InChI=1S/C22H22Br2N2O2/c1-11-4-5-15-16(6-11)26-20(12-7-13(23)21(28)14(24)8-12)19-17(25-15)9-22(2,3)10-18(19)27/h4-8,20,25-26,28H,9-10H2,1-3H3/t20-/m1/s1. The Hall–Kier alpha value is -1.79. The van der Waals surface area contributed by atoms with E-state index in [1.165, 1.54) is 0 Å². The number of rotatable bonds is 1. The summed E-state index contributed by atoms with van der Waals surface area (Å²) in [5.74, 6) is 0.304. The number of hydrogen-bond acceptors (Lipinski definition) is 4. The van der Waals surface area contributed by atoms with Crippen LogP contribution < -0.4 is 10.6 Å². The number of hydrogen-bond donors (Lipinski definition) is 3. The first-order valence-electron chi connectivity index (χ1n) is 9.23. The van der Waals surface area contributed by atoms with Crippen LogP contribution in [0.2, 0.25) is 0 Å². The topological polar surface area (TPSA) is 61.4 Å². The number of anilines is 2. The number of carbonyl (C=O) groups is 1. The maximum absolute atomic E-state index is 13.2. The van der Waals surface area contributed by atoms with Crippen LogP contribution in [0.3, 0.4) is 0 Å². The van der Waals surface area contributed by atoms with Gasteiger partial charge in [-0.3, -0.25) is 4.79 Å². The monoisotopic (exact) mass is 504 g/mol. The van der Waals surface area contributed by atoms with Crippen molar-refractivity contribution in [2.75, 3.05) is 10.6 Å². The predicted octanol–water partition coefficient (Wildman–Crippen LogP) is 6.45. The first-order valence-corrected chi connectivity index (χ1v) is 10.8. The number of halogens is 2. The summed E-state index contributed by atoms with van der Waals surface area (Å²) < 4.78 is 1.18. The van der Waals surface area contributed by atoms with Crippen LogP contribution >= 0.6 is 31.9 Å². The van der Waals surface area contributed by atoms with Gasteiger partial charge in [0.1, 0.15) is 5.75 Å². The second kappa shape index (κ2) is 6.92. The van der Waals surface area contributed by atoms with Gasteiger partial charge in [0.15, 0.2) is 5.78 Å². The van der Waals surface area contributed by atoms with Crippen LogP contribution in [0.25, 0.3) is 0 Å². The van der Waals surface area contributed by atoms with Crippen molar-refractivity contribution in [3.05, 3.63) is 61.7 Å². The average molecular weight is 506 g/mol. The second-order valence-corrected chi connectivity index (χ2v) is 10.1. The molecule has 1 heterocycles. The van der Waals surface area contributed by atoms with Crippen molar-refractivity contribution < 1.29 is 9.90 Å². The normalized spacial score (nSPS) is 20.6. The lowest BCUT2D eigenvalue weighted by molar-refractivity contribution is -0.118. The van der Waals surface area contributed by atoms with Gasteiger partial charge in [-0.2, -0.15) is 0 Å². The van der Waals surface area contributed by atoms with Crippen molar-refractivity contribution in [2.24, 2.45) is 5.41 Å². The number of benzene rings is 2. The minimum atomic E-state index is -0.303. The minimum Gasteiger partial charge on any atom is -0.506 e. The average Bonchev–Trinajstić information content (AvgIpc) is 2.74. The van der Waals surface area contributed by atoms with Crippen LogP contribution in [0, 0.1) is 12.3 Å². The maximum atomic E-state index is 13.2. The van der Waals surface area contributed by atoms with Crippen LogP contribution in [0.15, 0.2) is 50.5 Å². The lowest BCUT2D eigenvalue weighted by atomic mass is 9.73. The number of phenolic OH excluding ortho intramolecular Hbond substituents is 1. The smallest absolute Gasteiger partial charge is 0.163 e. The molecule has 0 saturated heterocycles. The Labute approximate surface area is 181 Å². The quantitative estimate of drug-likeness (QED) is 0.417. The summed E-state index contributed by atoms with van der Waals surface area (Å²) in [5, 5.41) is 17.2. The molecule has 4 rings (SSSR count). The first-order chi connectivity index (χ1) is 13.1. The van der Waals surface area contributed by atoms with E-state index in [2.05, 4.69) is 81.5 Å². The molecule has 0 amide bonds. The molecule has 146 valence electrons. The van der Waals surface area contributed by atoms with E-state index in [9.17, 15) is 9.90 Å². The highest BCUT2D eigenvalue weighted by Crippen LogP contribution is 2.47. The molecule has 3 N–H and O–H groups in total. The number of ketones is 1. The van der Waals surface area contributed by atoms with Gasteiger partial charge in [-0.25, -0.2) is 0 Å². The van der Waals surface area contributed by atoms with Crippen molar-refractivity contribution in [1.29, 1.82) is 0 Å². The molecule has 6 heteroatoms. The zero-order chi connectivity index (χ0) is 20.2.